The molecule has 172 valence electrons. The first kappa shape index (κ1) is 21.3. The van der Waals surface area contributed by atoms with E-state index in [9.17, 15) is 25.2 Å². The van der Waals surface area contributed by atoms with Crippen molar-refractivity contribution in [1.82, 2.24) is 24.5 Å². The molecule has 12 heteroatoms. The standard InChI is InChI=1S/C21H22N6O6/c28-7-14-16(29)17(30)20(33-14)27-9-25-15-18(23-8-24-19(15)27)26-13(21(31)32)5-10-6-22-12-4-2-1-3-11(10)12/h1-4,6,8-9,13-14,16-17,20,22,28-30H,5,7H2,(H,31,32)(H,23,24,26)/t13-,14+,16?,17?,20+/m0/s1. The summed E-state index contributed by atoms with van der Waals surface area (Å²) in [5.74, 6) is -0.854. The smallest absolute Gasteiger partial charge is 0.326 e. The van der Waals surface area contributed by atoms with Crippen LogP contribution in [0.4, 0.5) is 5.82 Å². The third kappa shape index (κ3) is 3.68. The molecule has 1 saturated heterocycles. The summed E-state index contributed by atoms with van der Waals surface area (Å²) in [7, 11) is 0. The van der Waals surface area contributed by atoms with Crippen LogP contribution in [0, 0.1) is 0 Å². The number of ether oxygens (including phenoxy) is 1. The van der Waals surface area contributed by atoms with Crippen molar-refractivity contribution in [2.75, 3.05) is 11.9 Å². The highest BCUT2D eigenvalue weighted by Gasteiger charge is 2.44. The molecule has 6 N–H and O–H groups in total. The molecule has 0 amide bonds. The van der Waals surface area contributed by atoms with Gasteiger partial charge in [0.15, 0.2) is 23.2 Å². The lowest BCUT2D eigenvalue weighted by atomic mass is 10.1. The van der Waals surface area contributed by atoms with Crippen molar-refractivity contribution < 1.29 is 30.0 Å². The van der Waals surface area contributed by atoms with Crippen LogP contribution < -0.4 is 5.32 Å². The molecule has 33 heavy (non-hydrogen) atoms. The molecule has 1 aromatic carbocycles. The van der Waals surface area contributed by atoms with E-state index in [1.165, 1.54) is 17.2 Å². The fraction of sp³-hybridized carbons (Fsp3) is 0.333. The molecule has 0 radical (unpaired) electrons. The van der Waals surface area contributed by atoms with Crippen molar-refractivity contribution >= 4 is 33.9 Å². The molecule has 0 saturated carbocycles. The molecule has 3 aromatic heterocycles. The Kier molecular flexibility index (Phi) is 5.42. The van der Waals surface area contributed by atoms with Gasteiger partial charge < -0.3 is 35.5 Å². The SMILES string of the molecule is O=C(O)[C@H](Cc1c[nH]c2ccccc12)Nc1ncnc2c1ncn2[C@@H]1O[C@H](CO)C(O)C1O. The number of carboxylic acids is 1. The summed E-state index contributed by atoms with van der Waals surface area (Å²) in [6.07, 6.45) is 0.0360. The Hall–Kier alpha value is -3.58. The molecule has 1 fully saturated rings. The molecule has 1 aliphatic rings. The maximum Gasteiger partial charge on any atom is 0.326 e. The van der Waals surface area contributed by atoms with Crippen LogP contribution >= 0.6 is 0 Å². The van der Waals surface area contributed by atoms with E-state index in [0.717, 1.165) is 16.5 Å². The number of benzene rings is 1. The summed E-state index contributed by atoms with van der Waals surface area (Å²) in [4.78, 5) is 27.8. The van der Waals surface area contributed by atoms with Crippen LogP contribution in [0.1, 0.15) is 11.8 Å². The zero-order chi connectivity index (χ0) is 23.1. The molecular weight excluding hydrogens is 432 g/mol. The Morgan fingerprint density at radius 3 is 2.79 bits per heavy atom. The van der Waals surface area contributed by atoms with Crippen LogP contribution in [0.25, 0.3) is 22.1 Å². The first-order valence-electron chi connectivity index (χ1n) is 10.3. The minimum absolute atomic E-state index is 0.195. The monoisotopic (exact) mass is 454 g/mol. The van der Waals surface area contributed by atoms with Gasteiger partial charge >= 0.3 is 5.97 Å². The zero-order valence-electron chi connectivity index (χ0n) is 17.2. The number of nitrogens with zero attached hydrogens (tertiary/aromatic N) is 4. The molecule has 2 unspecified atom stereocenters. The molecule has 4 aromatic rings. The number of aromatic amines is 1. The Bertz CT molecular complexity index is 1300. The quantitative estimate of drug-likeness (QED) is 0.223. The van der Waals surface area contributed by atoms with Gasteiger partial charge in [0.1, 0.15) is 30.7 Å². The van der Waals surface area contributed by atoms with E-state index in [0.29, 0.717) is 0 Å². The molecule has 5 atom stereocenters. The minimum atomic E-state index is -1.31. The summed E-state index contributed by atoms with van der Waals surface area (Å²) in [6.45, 7) is -0.461. The molecule has 1 aliphatic heterocycles. The number of hydrogen-bond acceptors (Lipinski definition) is 9. The summed E-state index contributed by atoms with van der Waals surface area (Å²) in [5, 5.41) is 43.4. The van der Waals surface area contributed by atoms with Gasteiger partial charge in [-0.2, -0.15) is 0 Å². The zero-order valence-corrected chi connectivity index (χ0v) is 17.2. The van der Waals surface area contributed by atoms with Gasteiger partial charge in [-0.1, -0.05) is 18.2 Å². The average Bonchev–Trinajstić information content (AvgIpc) is 3.50. The lowest BCUT2D eigenvalue weighted by molar-refractivity contribution is -0.137. The number of aromatic nitrogens is 5. The number of rotatable bonds is 7. The molecule has 12 nitrogen and oxygen atoms in total. The van der Waals surface area contributed by atoms with E-state index in [1.54, 1.807) is 6.20 Å². The maximum atomic E-state index is 12.0. The lowest BCUT2D eigenvalue weighted by Gasteiger charge is -2.17. The number of imidazole rings is 1. The number of carbonyl (C=O) groups is 1. The first-order chi connectivity index (χ1) is 16.0. The number of aliphatic carboxylic acids is 1. The van der Waals surface area contributed by atoms with E-state index < -0.39 is 43.2 Å². The second kappa shape index (κ2) is 8.41. The fourth-order valence-corrected chi connectivity index (χ4v) is 4.14. The largest absolute Gasteiger partial charge is 0.480 e. The van der Waals surface area contributed by atoms with Gasteiger partial charge in [0.05, 0.1) is 12.9 Å². The van der Waals surface area contributed by atoms with Gasteiger partial charge in [-0.3, -0.25) is 4.57 Å². The molecular formula is C21H22N6O6. The van der Waals surface area contributed by atoms with Gasteiger partial charge in [-0.15, -0.1) is 0 Å². The van der Waals surface area contributed by atoms with Gasteiger partial charge in [-0.05, 0) is 11.6 Å². The average molecular weight is 454 g/mol. The summed E-state index contributed by atoms with van der Waals surface area (Å²) < 4.78 is 6.97. The number of nitrogens with one attached hydrogen (secondary N) is 2. The Morgan fingerprint density at radius 1 is 1.21 bits per heavy atom. The van der Waals surface area contributed by atoms with Gasteiger partial charge in [0.2, 0.25) is 0 Å². The highest BCUT2D eigenvalue weighted by Crippen LogP contribution is 2.32. The van der Waals surface area contributed by atoms with Crippen molar-refractivity contribution in [3.8, 4) is 0 Å². The van der Waals surface area contributed by atoms with E-state index in [1.807, 2.05) is 24.3 Å². The van der Waals surface area contributed by atoms with Crippen LogP contribution in [0.3, 0.4) is 0 Å². The molecule has 0 bridgehead atoms. The van der Waals surface area contributed by atoms with Crippen molar-refractivity contribution in [3.05, 3.63) is 48.7 Å². The number of anilines is 1. The molecule has 4 heterocycles. The highest BCUT2D eigenvalue weighted by molar-refractivity contribution is 5.88. The van der Waals surface area contributed by atoms with E-state index in [4.69, 9.17) is 4.74 Å². The summed E-state index contributed by atoms with van der Waals surface area (Å²) >= 11 is 0. The molecule has 0 aliphatic carbocycles. The first-order valence-corrected chi connectivity index (χ1v) is 10.3. The number of para-hydroxylation sites is 1. The highest BCUT2D eigenvalue weighted by atomic mass is 16.6. The maximum absolute atomic E-state index is 12.0. The van der Waals surface area contributed by atoms with Gasteiger partial charge in [0, 0.05) is 23.5 Å². The van der Waals surface area contributed by atoms with Gasteiger partial charge in [-0.25, -0.2) is 19.7 Å². The third-order valence-electron chi connectivity index (χ3n) is 5.86. The summed E-state index contributed by atoms with van der Waals surface area (Å²) in [6, 6.07) is 6.63. The number of carboxylic acid groups (broad SMARTS) is 1. The van der Waals surface area contributed by atoms with Gasteiger partial charge in [0.25, 0.3) is 0 Å². The number of aliphatic hydroxyl groups excluding tert-OH is 3. The van der Waals surface area contributed by atoms with E-state index >= 15 is 0 Å². The minimum Gasteiger partial charge on any atom is -0.480 e. The second-order valence-electron chi connectivity index (χ2n) is 7.87. The van der Waals surface area contributed by atoms with Crippen molar-refractivity contribution in [2.45, 2.75) is 37.0 Å². The fourth-order valence-electron chi connectivity index (χ4n) is 4.14. The van der Waals surface area contributed by atoms with Crippen molar-refractivity contribution in [1.29, 1.82) is 0 Å². The van der Waals surface area contributed by atoms with Crippen LogP contribution in [0.15, 0.2) is 43.1 Å². The second-order valence-corrected chi connectivity index (χ2v) is 7.87. The molecule has 0 spiro atoms. The topological polar surface area (TPSA) is 179 Å². The Labute approximate surface area is 186 Å². The Balaban J connectivity index is 1.44. The van der Waals surface area contributed by atoms with Crippen molar-refractivity contribution in [3.63, 3.8) is 0 Å². The van der Waals surface area contributed by atoms with E-state index in [2.05, 4.69) is 25.3 Å². The van der Waals surface area contributed by atoms with E-state index in [-0.39, 0.29) is 23.4 Å². The third-order valence-corrected chi connectivity index (χ3v) is 5.86. The molecule has 5 rings (SSSR count). The summed E-state index contributed by atoms with van der Waals surface area (Å²) in [5.41, 5.74) is 2.31. The van der Waals surface area contributed by atoms with Crippen LogP contribution in [0.2, 0.25) is 0 Å². The predicted molar refractivity (Wildman–Crippen MR) is 115 cm³/mol. The van der Waals surface area contributed by atoms with Crippen molar-refractivity contribution in [2.24, 2.45) is 0 Å². The Morgan fingerprint density at radius 2 is 2.03 bits per heavy atom. The van der Waals surface area contributed by atoms with Crippen LogP contribution in [-0.2, 0) is 16.0 Å². The lowest BCUT2D eigenvalue weighted by Crippen LogP contribution is -2.33. The number of H-pyrrole nitrogens is 1. The number of fused-ring (bicyclic) bond motifs is 2. The predicted octanol–water partition coefficient (Wildman–Crippen LogP) is 0.0269. The number of aliphatic hydroxyl groups is 3. The van der Waals surface area contributed by atoms with Crippen LogP contribution in [0.5, 0.6) is 0 Å². The normalized spacial score (nSPS) is 23.8. The van der Waals surface area contributed by atoms with Crippen LogP contribution in [-0.4, -0.2) is 81.9 Å². The number of hydrogen-bond donors (Lipinski definition) is 6.